The summed E-state index contributed by atoms with van der Waals surface area (Å²) in [6.45, 7) is 1.04. The van der Waals surface area contributed by atoms with E-state index in [4.69, 9.17) is 9.47 Å². The average molecular weight is 366 g/mol. The highest BCUT2D eigenvalue weighted by molar-refractivity contribution is 5.93. The lowest BCUT2D eigenvalue weighted by Crippen LogP contribution is -2.45. The first kappa shape index (κ1) is 16.1. The monoisotopic (exact) mass is 366 g/mol. The smallest absolute Gasteiger partial charge is 0.274 e. The van der Waals surface area contributed by atoms with Crippen LogP contribution in [0, 0.1) is 0 Å². The van der Waals surface area contributed by atoms with Crippen LogP contribution in [-0.2, 0) is 0 Å². The van der Waals surface area contributed by atoms with Crippen LogP contribution in [0.2, 0.25) is 0 Å². The van der Waals surface area contributed by atoms with Crippen molar-refractivity contribution < 1.29 is 19.4 Å². The molecular weight excluding hydrogens is 348 g/mol. The third-order valence-corrected chi connectivity index (χ3v) is 5.15. The second-order valence-corrected chi connectivity index (χ2v) is 6.78. The minimum atomic E-state index is -0.654. The lowest BCUT2D eigenvalue weighted by atomic mass is 9.87. The number of hydrogen-bond donors (Lipinski definition) is 1. The molecule has 2 aliphatic heterocycles. The number of carbonyl (C=O) groups is 1. The van der Waals surface area contributed by atoms with Crippen molar-refractivity contribution in [3.05, 3.63) is 54.0 Å². The Hall–Kier alpha value is -3.13. The van der Waals surface area contributed by atoms with Gasteiger partial charge in [0.2, 0.25) is 6.79 Å². The topological polar surface area (TPSA) is 89.2 Å². The maximum Gasteiger partial charge on any atom is 0.274 e. The van der Waals surface area contributed by atoms with Crippen LogP contribution in [0.4, 0.5) is 0 Å². The first-order valence-electron chi connectivity index (χ1n) is 8.86. The molecule has 4 heterocycles. The summed E-state index contributed by atoms with van der Waals surface area (Å²) in [6.07, 6.45) is 3.42. The predicted molar refractivity (Wildman–Crippen MR) is 94.8 cm³/mol. The molecule has 1 amide bonds. The minimum absolute atomic E-state index is 0.0497. The van der Waals surface area contributed by atoms with Gasteiger partial charge in [0.05, 0.1) is 6.10 Å². The highest BCUT2D eigenvalue weighted by atomic mass is 16.7. The van der Waals surface area contributed by atoms with Crippen molar-refractivity contribution in [2.45, 2.75) is 18.4 Å². The number of likely N-dealkylation sites (tertiary alicyclic amines) is 1. The van der Waals surface area contributed by atoms with Gasteiger partial charge < -0.3 is 19.5 Å². The molecule has 0 radical (unpaired) electrons. The Kier molecular flexibility index (Phi) is 3.71. The number of aromatic nitrogens is 3. The zero-order chi connectivity index (χ0) is 18.4. The molecule has 1 N–H and O–H groups in total. The lowest BCUT2D eigenvalue weighted by Gasteiger charge is -2.35. The largest absolute Gasteiger partial charge is 0.454 e. The summed E-state index contributed by atoms with van der Waals surface area (Å²) >= 11 is 0. The molecule has 27 heavy (non-hydrogen) atoms. The molecule has 2 aromatic heterocycles. The van der Waals surface area contributed by atoms with Crippen molar-refractivity contribution in [2.24, 2.45) is 0 Å². The molecule has 1 aromatic carbocycles. The van der Waals surface area contributed by atoms with Crippen LogP contribution in [-0.4, -0.2) is 56.5 Å². The fourth-order valence-corrected chi connectivity index (χ4v) is 3.75. The van der Waals surface area contributed by atoms with Crippen LogP contribution in [0.15, 0.2) is 42.7 Å². The summed E-state index contributed by atoms with van der Waals surface area (Å²) in [4.78, 5) is 18.6. The number of hydrogen-bond acceptors (Lipinski definition) is 6. The second kappa shape index (κ2) is 6.24. The highest BCUT2D eigenvalue weighted by Crippen LogP contribution is 2.37. The molecule has 1 fully saturated rings. The van der Waals surface area contributed by atoms with Gasteiger partial charge in [0.1, 0.15) is 0 Å². The fraction of sp³-hybridized carbons (Fsp3) is 0.316. The maximum atomic E-state index is 12.8. The van der Waals surface area contributed by atoms with E-state index in [1.165, 1.54) is 0 Å². The molecule has 0 spiro atoms. The summed E-state index contributed by atoms with van der Waals surface area (Å²) < 4.78 is 12.3. The zero-order valence-corrected chi connectivity index (χ0v) is 14.5. The van der Waals surface area contributed by atoms with Crippen molar-refractivity contribution >= 4 is 11.6 Å². The molecule has 2 aliphatic rings. The van der Waals surface area contributed by atoms with Crippen LogP contribution in [0.1, 0.15) is 28.4 Å². The third-order valence-electron chi connectivity index (χ3n) is 5.15. The van der Waals surface area contributed by atoms with E-state index in [-0.39, 0.29) is 25.2 Å². The van der Waals surface area contributed by atoms with Crippen LogP contribution in [0.5, 0.6) is 11.5 Å². The molecule has 8 heteroatoms. The van der Waals surface area contributed by atoms with Gasteiger partial charge in [-0.25, -0.2) is 9.50 Å². The quantitative estimate of drug-likeness (QED) is 0.738. The average Bonchev–Trinajstić information content (AvgIpc) is 3.33. The number of β-amino-alcohol motifs (C(OH)–C–C–N with tert-alkyl or cyclic N) is 1. The number of fused-ring (bicyclic) bond motifs is 2. The second-order valence-electron chi connectivity index (χ2n) is 6.78. The van der Waals surface area contributed by atoms with Gasteiger partial charge in [-0.05, 0) is 30.2 Å². The van der Waals surface area contributed by atoms with E-state index in [1.54, 1.807) is 33.9 Å². The van der Waals surface area contributed by atoms with E-state index >= 15 is 0 Å². The number of amides is 1. The Bertz CT molecular complexity index is 985. The van der Waals surface area contributed by atoms with Crippen molar-refractivity contribution in [3.8, 4) is 11.5 Å². The summed E-state index contributed by atoms with van der Waals surface area (Å²) in [7, 11) is 0. The fourth-order valence-electron chi connectivity index (χ4n) is 3.75. The lowest BCUT2D eigenvalue weighted by molar-refractivity contribution is 0.0377. The Balaban J connectivity index is 1.32. The van der Waals surface area contributed by atoms with Gasteiger partial charge in [-0.2, -0.15) is 5.10 Å². The van der Waals surface area contributed by atoms with Gasteiger partial charge in [0.25, 0.3) is 5.91 Å². The maximum absolute atomic E-state index is 12.8. The molecular formula is C19H18N4O4. The molecule has 8 nitrogen and oxygen atoms in total. The number of aliphatic hydroxyl groups excluding tert-OH is 1. The van der Waals surface area contributed by atoms with E-state index < -0.39 is 6.10 Å². The summed E-state index contributed by atoms with van der Waals surface area (Å²) in [5, 5.41) is 15.0. The third kappa shape index (κ3) is 2.78. The molecule has 1 saturated heterocycles. The van der Waals surface area contributed by atoms with Crippen LogP contribution < -0.4 is 9.47 Å². The molecule has 0 unspecified atom stereocenters. The number of carbonyl (C=O) groups excluding carboxylic acids is 1. The van der Waals surface area contributed by atoms with Gasteiger partial charge >= 0.3 is 0 Å². The molecule has 0 bridgehead atoms. The van der Waals surface area contributed by atoms with Crippen molar-refractivity contribution in [3.63, 3.8) is 0 Å². The first-order chi connectivity index (χ1) is 13.2. The number of ether oxygens (including phenoxy) is 2. The van der Waals surface area contributed by atoms with E-state index in [0.29, 0.717) is 30.1 Å². The molecule has 138 valence electrons. The predicted octanol–water partition coefficient (Wildman–Crippen LogP) is 1.45. The summed E-state index contributed by atoms with van der Waals surface area (Å²) in [6, 6.07) is 9.16. The van der Waals surface area contributed by atoms with Gasteiger partial charge in [-0.15, -0.1) is 0 Å². The number of aliphatic hydroxyl groups is 1. The molecule has 0 saturated carbocycles. The SMILES string of the molecule is O=C(c1cc2ncccn2n1)N1CC[C@@H](c2ccc3c(c2)OCO3)[C@H](O)C1. The number of piperidine rings is 1. The Labute approximate surface area is 155 Å². The van der Waals surface area contributed by atoms with E-state index in [0.717, 1.165) is 11.3 Å². The van der Waals surface area contributed by atoms with Crippen LogP contribution in [0.3, 0.4) is 0 Å². The summed E-state index contributed by atoms with van der Waals surface area (Å²) in [5.74, 6) is 1.19. The number of rotatable bonds is 2. The molecule has 5 rings (SSSR count). The Morgan fingerprint density at radius 2 is 2.11 bits per heavy atom. The van der Waals surface area contributed by atoms with Gasteiger partial charge in [0.15, 0.2) is 22.8 Å². The Morgan fingerprint density at radius 1 is 1.22 bits per heavy atom. The summed E-state index contributed by atoms with van der Waals surface area (Å²) in [5.41, 5.74) is 1.95. The van der Waals surface area contributed by atoms with E-state index in [1.807, 2.05) is 18.2 Å². The van der Waals surface area contributed by atoms with Gasteiger partial charge in [0, 0.05) is 37.5 Å². The van der Waals surface area contributed by atoms with Gasteiger partial charge in [-0.3, -0.25) is 4.79 Å². The van der Waals surface area contributed by atoms with E-state index in [2.05, 4.69) is 10.1 Å². The zero-order valence-electron chi connectivity index (χ0n) is 14.5. The molecule has 2 atom stereocenters. The minimum Gasteiger partial charge on any atom is -0.454 e. The standard InChI is InChI=1S/C19H18N4O4/c24-15-10-22(19(25)14-9-18-20-5-1-6-23(18)21-14)7-4-13(15)12-2-3-16-17(8-12)27-11-26-16/h1-3,5-6,8-9,13,15,24H,4,7,10-11H2/t13-,15+/m0/s1. The number of benzene rings is 1. The molecule has 3 aromatic rings. The Morgan fingerprint density at radius 3 is 2.96 bits per heavy atom. The highest BCUT2D eigenvalue weighted by Gasteiger charge is 2.33. The van der Waals surface area contributed by atoms with E-state index in [9.17, 15) is 9.90 Å². The van der Waals surface area contributed by atoms with Crippen LogP contribution >= 0.6 is 0 Å². The number of nitrogens with zero attached hydrogens (tertiary/aromatic N) is 4. The first-order valence-corrected chi connectivity index (χ1v) is 8.86. The van der Waals surface area contributed by atoms with Crippen molar-refractivity contribution in [1.82, 2.24) is 19.5 Å². The van der Waals surface area contributed by atoms with Crippen LogP contribution in [0.25, 0.3) is 5.65 Å². The van der Waals surface area contributed by atoms with Crippen molar-refractivity contribution in [2.75, 3.05) is 19.9 Å². The van der Waals surface area contributed by atoms with Gasteiger partial charge in [-0.1, -0.05) is 6.07 Å². The van der Waals surface area contributed by atoms with Crippen molar-refractivity contribution in [1.29, 1.82) is 0 Å². The normalized spacial score (nSPS) is 21.6. The molecule has 0 aliphatic carbocycles.